The zero-order valence-corrected chi connectivity index (χ0v) is 14.8. The van der Waals surface area contributed by atoms with Crippen molar-refractivity contribution in [3.05, 3.63) is 53.2 Å². The summed E-state index contributed by atoms with van der Waals surface area (Å²) in [5.74, 6) is 1.66. The van der Waals surface area contributed by atoms with Gasteiger partial charge in [-0.25, -0.2) is 4.98 Å². The number of rotatable bonds is 3. The zero-order valence-electron chi connectivity index (χ0n) is 14.8. The number of furan rings is 1. The molecule has 0 fully saturated rings. The van der Waals surface area contributed by atoms with Crippen molar-refractivity contribution in [1.29, 1.82) is 0 Å². The second kappa shape index (κ2) is 5.83. The first-order chi connectivity index (χ1) is 12.5. The average molecular weight is 351 g/mol. The van der Waals surface area contributed by atoms with Gasteiger partial charge in [0.15, 0.2) is 11.5 Å². The van der Waals surface area contributed by atoms with Gasteiger partial charge in [0.25, 0.3) is 0 Å². The van der Waals surface area contributed by atoms with Crippen LogP contribution in [-0.4, -0.2) is 32.9 Å². The molecule has 0 saturated carbocycles. The van der Waals surface area contributed by atoms with Gasteiger partial charge in [-0.1, -0.05) is 5.16 Å². The van der Waals surface area contributed by atoms with Crippen molar-refractivity contribution in [3.63, 3.8) is 0 Å². The van der Waals surface area contributed by atoms with Gasteiger partial charge in [0.05, 0.1) is 11.6 Å². The lowest BCUT2D eigenvalue weighted by atomic mass is 10.1. The minimum atomic E-state index is -0.430. The van der Waals surface area contributed by atoms with Gasteiger partial charge in [-0.05, 0) is 38.5 Å². The molecule has 0 aliphatic carbocycles. The minimum absolute atomic E-state index is 0.0957. The third-order valence-electron chi connectivity index (χ3n) is 4.16. The van der Waals surface area contributed by atoms with Gasteiger partial charge in [0.2, 0.25) is 11.6 Å². The highest BCUT2D eigenvalue weighted by Gasteiger charge is 2.25. The highest BCUT2D eigenvalue weighted by Crippen LogP contribution is 2.33. The molecule has 0 saturated heterocycles. The van der Waals surface area contributed by atoms with Crippen LogP contribution in [0.5, 0.6) is 0 Å². The van der Waals surface area contributed by atoms with E-state index in [-0.39, 0.29) is 5.76 Å². The Morgan fingerprint density at radius 3 is 2.65 bits per heavy atom. The second-order valence-electron chi connectivity index (χ2n) is 6.14. The largest absolute Gasteiger partial charge is 0.445 e. The van der Waals surface area contributed by atoms with Gasteiger partial charge in [0.1, 0.15) is 5.76 Å². The first-order valence-corrected chi connectivity index (χ1v) is 8.08. The van der Waals surface area contributed by atoms with Crippen LogP contribution >= 0.6 is 0 Å². The highest BCUT2D eigenvalue weighted by molar-refractivity contribution is 6.02. The Labute approximate surface area is 149 Å². The van der Waals surface area contributed by atoms with Crippen molar-refractivity contribution in [2.75, 3.05) is 11.9 Å². The zero-order chi connectivity index (χ0) is 18.4. The normalized spacial score (nSPS) is 11.2. The maximum atomic E-state index is 12.8. The van der Waals surface area contributed by atoms with Gasteiger partial charge in [-0.15, -0.1) is 5.10 Å². The molecular formula is C18H17N5O3. The summed E-state index contributed by atoms with van der Waals surface area (Å²) >= 11 is 0. The standard InChI is InChI=1S/C18H17N5O3/c1-10-9-11(2)20-16-15(10)17(22(4)14-6-5-12(3)25-14)21-23(16)18(24)13-7-8-19-26-13/h5-9H,1-4H3. The highest BCUT2D eigenvalue weighted by atomic mass is 16.5. The fraction of sp³-hybridized carbons (Fsp3) is 0.222. The predicted octanol–water partition coefficient (Wildman–Crippen LogP) is 3.39. The Hall–Kier alpha value is -3.42. The van der Waals surface area contributed by atoms with Gasteiger partial charge in [0, 0.05) is 24.9 Å². The molecule has 0 unspecified atom stereocenters. The smallest absolute Gasteiger partial charge is 0.318 e. The van der Waals surface area contributed by atoms with Crippen molar-refractivity contribution in [2.45, 2.75) is 20.8 Å². The molecule has 0 amide bonds. The number of pyridine rings is 1. The van der Waals surface area contributed by atoms with E-state index in [9.17, 15) is 4.79 Å². The Morgan fingerprint density at radius 2 is 2.00 bits per heavy atom. The number of fused-ring (bicyclic) bond motifs is 1. The molecule has 4 rings (SSSR count). The summed E-state index contributed by atoms with van der Waals surface area (Å²) in [5.41, 5.74) is 2.23. The van der Waals surface area contributed by atoms with Crippen LogP contribution in [0.25, 0.3) is 11.0 Å². The summed E-state index contributed by atoms with van der Waals surface area (Å²) in [7, 11) is 1.84. The summed E-state index contributed by atoms with van der Waals surface area (Å²) in [4.78, 5) is 19.1. The fourth-order valence-corrected chi connectivity index (χ4v) is 2.95. The van der Waals surface area contributed by atoms with Crippen molar-refractivity contribution >= 4 is 28.6 Å². The summed E-state index contributed by atoms with van der Waals surface area (Å²) in [6.07, 6.45) is 1.42. The Kier molecular flexibility index (Phi) is 3.61. The molecule has 0 aromatic carbocycles. The molecular weight excluding hydrogens is 334 g/mol. The summed E-state index contributed by atoms with van der Waals surface area (Å²) in [6.45, 7) is 5.71. The van der Waals surface area contributed by atoms with E-state index in [1.807, 2.05) is 46.0 Å². The molecule has 0 aliphatic rings. The number of aromatic nitrogens is 4. The molecule has 4 aromatic rings. The molecule has 132 valence electrons. The number of aryl methyl sites for hydroxylation is 3. The van der Waals surface area contributed by atoms with Crippen LogP contribution in [0.3, 0.4) is 0 Å². The van der Waals surface area contributed by atoms with E-state index in [4.69, 9.17) is 8.94 Å². The molecule has 0 aliphatic heterocycles. The molecule has 8 nitrogen and oxygen atoms in total. The van der Waals surface area contributed by atoms with Crippen molar-refractivity contribution in [1.82, 2.24) is 19.9 Å². The van der Waals surface area contributed by atoms with Crippen LogP contribution in [0.15, 0.2) is 39.4 Å². The SMILES string of the molecule is Cc1cc(C)c2c(N(C)c3ccc(C)o3)nn(C(=O)c3ccno3)c2n1. The summed E-state index contributed by atoms with van der Waals surface area (Å²) < 4.78 is 11.9. The van der Waals surface area contributed by atoms with E-state index in [1.165, 1.54) is 16.9 Å². The number of hydrogen-bond acceptors (Lipinski definition) is 7. The van der Waals surface area contributed by atoms with E-state index >= 15 is 0 Å². The number of anilines is 2. The monoisotopic (exact) mass is 351 g/mol. The van der Waals surface area contributed by atoms with E-state index < -0.39 is 5.91 Å². The first-order valence-electron chi connectivity index (χ1n) is 8.08. The Bertz CT molecular complexity index is 1110. The van der Waals surface area contributed by atoms with E-state index in [1.54, 1.807) is 4.90 Å². The molecule has 26 heavy (non-hydrogen) atoms. The quantitative estimate of drug-likeness (QED) is 0.559. The molecule has 0 spiro atoms. The molecule has 0 bridgehead atoms. The molecule has 8 heteroatoms. The number of carbonyl (C=O) groups is 1. The number of hydrogen-bond donors (Lipinski definition) is 0. The van der Waals surface area contributed by atoms with Gasteiger partial charge in [-0.2, -0.15) is 4.68 Å². The second-order valence-corrected chi connectivity index (χ2v) is 6.14. The predicted molar refractivity (Wildman–Crippen MR) is 94.7 cm³/mol. The lowest BCUT2D eigenvalue weighted by Gasteiger charge is -2.13. The van der Waals surface area contributed by atoms with Gasteiger partial charge < -0.3 is 8.94 Å². The maximum absolute atomic E-state index is 12.8. The molecule has 0 atom stereocenters. The molecule has 4 heterocycles. The van der Waals surface area contributed by atoms with Crippen molar-refractivity contribution in [2.24, 2.45) is 0 Å². The van der Waals surface area contributed by atoms with Crippen molar-refractivity contribution in [3.8, 4) is 0 Å². The van der Waals surface area contributed by atoms with E-state index in [2.05, 4.69) is 15.2 Å². The van der Waals surface area contributed by atoms with Crippen LogP contribution in [0.2, 0.25) is 0 Å². The number of carbonyl (C=O) groups excluding carboxylic acids is 1. The van der Waals surface area contributed by atoms with E-state index in [0.29, 0.717) is 17.3 Å². The fourth-order valence-electron chi connectivity index (χ4n) is 2.95. The number of nitrogens with zero attached hydrogens (tertiary/aromatic N) is 5. The van der Waals surface area contributed by atoms with Gasteiger partial charge in [-0.3, -0.25) is 9.69 Å². The Morgan fingerprint density at radius 1 is 1.19 bits per heavy atom. The van der Waals surface area contributed by atoms with Crippen LogP contribution in [0, 0.1) is 20.8 Å². The maximum Gasteiger partial charge on any atom is 0.318 e. The van der Waals surface area contributed by atoms with Crippen LogP contribution in [0.4, 0.5) is 11.7 Å². The lowest BCUT2D eigenvalue weighted by molar-refractivity contribution is 0.0913. The Balaban J connectivity index is 1.95. The topological polar surface area (TPSA) is 90.2 Å². The minimum Gasteiger partial charge on any atom is -0.445 e. The average Bonchev–Trinajstić information content (AvgIpc) is 3.32. The lowest BCUT2D eigenvalue weighted by Crippen LogP contribution is -2.15. The summed E-state index contributed by atoms with van der Waals surface area (Å²) in [5, 5.41) is 8.89. The third-order valence-corrected chi connectivity index (χ3v) is 4.16. The first kappa shape index (κ1) is 16.1. The van der Waals surface area contributed by atoms with E-state index in [0.717, 1.165) is 22.4 Å². The van der Waals surface area contributed by atoms with Crippen molar-refractivity contribution < 1.29 is 13.7 Å². The molecule has 4 aromatic heterocycles. The van der Waals surface area contributed by atoms with Crippen LogP contribution in [0.1, 0.15) is 27.6 Å². The van der Waals surface area contributed by atoms with Crippen LogP contribution in [-0.2, 0) is 0 Å². The summed E-state index contributed by atoms with van der Waals surface area (Å²) in [6, 6.07) is 7.19. The molecule has 0 radical (unpaired) electrons. The third kappa shape index (κ3) is 2.46. The van der Waals surface area contributed by atoms with Crippen LogP contribution < -0.4 is 4.90 Å². The van der Waals surface area contributed by atoms with Gasteiger partial charge >= 0.3 is 5.91 Å². The molecule has 0 N–H and O–H groups in total.